The van der Waals surface area contributed by atoms with E-state index in [1.165, 1.54) is 315 Å². The highest BCUT2D eigenvalue weighted by molar-refractivity contribution is 5.71. The lowest BCUT2D eigenvalue weighted by Crippen LogP contribution is -2.30. The number of hydrogen-bond acceptors (Lipinski definition) is 6. The highest BCUT2D eigenvalue weighted by atomic mass is 16.6. The highest BCUT2D eigenvalue weighted by Crippen LogP contribution is 2.18. The van der Waals surface area contributed by atoms with Gasteiger partial charge in [0.2, 0.25) is 0 Å². The molecule has 0 heterocycles. The molecule has 0 saturated heterocycles. The maximum atomic E-state index is 13.0. The minimum absolute atomic E-state index is 0.0701. The van der Waals surface area contributed by atoms with Crippen LogP contribution in [0.3, 0.4) is 0 Å². The van der Waals surface area contributed by atoms with Gasteiger partial charge in [-0.05, 0) is 96.3 Å². The Morgan fingerprint density at radius 3 is 0.610 bits per heavy atom. The van der Waals surface area contributed by atoms with Crippen molar-refractivity contribution < 1.29 is 28.6 Å². The third kappa shape index (κ3) is 68.4. The Balaban J connectivity index is 4.31. The number of esters is 3. The number of allylic oxidation sites excluding steroid dienone is 6. The second-order valence-corrected chi connectivity index (χ2v) is 25.2. The van der Waals surface area contributed by atoms with Crippen LogP contribution in [0, 0.1) is 0 Å². The Morgan fingerprint density at radius 1 is 0.232 bits per heavy atom. The van der Waals surface area contributed by atoms with E-state index in [1.807, 2.05) is 0 Å². The summed E-state index contributed by atoms with van der Waals surface area (Å²) in [6.45, 7) is 6.71. The zero-order valence-electron chi connectivity index (χ0n) is 55.5. The largest absolute Gasteiger partial charge is 0.462 e. The molecular formula is C76H142O6. The second-order valence-electron chi connectivity index (χ2n) is 25.2. The quantitative estimate of drug-likeness (QED) is 0.0261. The summed E-state index contributed by atoms with van der Waals surface area (Å²) in [7, 11) is 0. The molecule has 0 aliphatic carbocycles. The second kappa shape index (κ2) is 71.1. The predicted molar refractivity (Wildman–Crippen MR) is 358 cm³/mol. The molecule has 0 radical (unpaired) electrons. The van der Waals surface area contributed by atoms with E-state index in [0.29, 0.717) is 19.3 Å². The minimum atomic E-state index is -0.775. The van der Waals surface area contributed by atoms with Crippen LogP contribution in [-0.2, 0) is 28.6 Å². The van der Waals surface area contributed by atoms with Crippen molar-refractivity contribution >= 4 is 17.9 Å². The summed E-state index contributed by atoms with van der Waals surface area (Å²) in [5.41, 5.74) is 0. The number of ether oxygens (including phenoxy) is 3. The molecule has 0 amide bonds. The third-order valence-corrected chi connectivity index (χ3v) is 16.8. The molecule has 482 valence electrons. The van der Waals surface area contributed by atoms with Crippen molar-refractivity contribution in [1.29, 1.82) is 0 Å². The summed E-state index contributed by atoms with van der Waals surface area (Å²) in [6.07, 6.45) is 88.9. The fourth-order valence-electron chi connectivity index (χ4n) is 11.3. The van der Waals surface area contributed by atoms with Crippen LogP contribution in [0.4, 0.5) is 0 Å². The van der Waals surface area contributed by atoms with Crippen molar-refractivity contribution in [3.05, 3.63) is 36.5 Å². The van der Waals surface area contributed by atoms with Crippen LogP contribution in [0.1, 0.15) is 412 Å². The van der Waals surface area contributed by atoms with Gasteiger partial charge in [-0.2, -0.15) is 0 Å². The Morgan fingerprint density at radius 2 is 0.402 bits per heavy atom. The van der Waals surface area contributed by atoms with Crippen LogP contribution in [0.5, 0.6) is 0 Å². The number of unbranched alkanes of at least 4 members (excludes halogenated alkanes) is 52. The first-order chi connectivity index (χ1) is 40.5. The van der Waals surface area contributed by atoms with E-state index in [-0.39, 0.29) is 31.1 Å². The standard InChI is InChI=1S/C76H142O6/c1-4-7-10-13-16-19-22-25-28-31-34-36-38-40-42-45-48-51-54-57-60-63-66-69-75(78)81-72-73(71-80-74(77)68-65-62-59-56-53-50-47-44-33-30-27-24-21-18-15-12-9-6-3)82-76(79)70-67-64-61-58-55-52-49-46-43-41-39-37-35-32-29-26-23-20-17-14-11-8-5-2/h30-35,73H,4-29,36-72H2,1-3H3/b33-30-,34-31-,35-32-. The van der Waals surface area contributed by atoms with Gasteiger partial charge >= 0.3 is 17.9 Å². The van der Waals surface area contributed by atoms with Crippen molar-refractivity contribution in [2.24, 2.45) is 0 Å². The molecule has 0 rings (SSSR count). The monoisotopic (exact) mass is 1150 g/mol. The van der Waals surface area contributed by atoms with E-state index >= 15 is 0 Å². The topological polar surface area (TPSA) is 78.9 Å². The van der Waals surface area contributed by atoms with Gasteiger partial charge in [0.05, 0.1) is 0 Å². The van der Waals surface area contributed by atoms with Gasteiger partial charge < -0.3 is 14.2 Å². The molecule has 0 aliphatic heterocycles. The number of rotatable bonds is 69. The lowest BCUT2D eigenvalue weighted by Gasteiger charge is -2.18. The van der Waals surface area contributed by atoms with Crippen LogP contribution in [-0.4, -0.2) is 37.2 Å². The molecule has 0 saturated carbocycles. The maximum absolute atomic E-state index is 13.0. The number of hydrogen-bond donors (Lipinski definition) is 0. The van der Waals surface area contributed by atoms with Gasteiger partial charge in [0.1, 0.15) is 13.2 Å². The summed E-state index contributed by atoms with van der Waals surface area (Å²) in [6, 6.07) is 0. The van der Waals surface area contributed by atoms with Gasteiger partial charge in [-0.15, -0.1) is 0 Å². The number of carbonyl (C=O) groups excluding carboxylic acids is 3. The lowest BCUT2D eigenvalue weighted by molar-refractivity contribution is -0.167. The molecule has 6 heteroatoms. The lowest BCUT2D eigenvalue weighted by atomic mass is 10.0. The molecule has 0 bridgehead atoms. The first-order valence-corrected chi connectivity index (χ1v) is 37.0. The van der Waals surface area contributed by atoms with Crippen LogP contribution < -0.4 is 0 Å². The van der Waals surface area contributed by atoms with Gasteiger partial charge in [0, 0.05) is 19.3 Å². The van der Waals surface area contributed by atoms with Crippen molar-refractivity contribution in [1.82, 2.24) is 0 Å². The van der Waals surface area contributed by atoms with Crippen molar-refractivity contribution in [3.8, 4) is 0 Å². The van der Waals surface area contributed by atoms with E-state index in [1.54, 1.807) is 0 Å². The molecule has 6 nitrogen and oxygen atoms in total. The van der Waals surface area contributed by atoms with E-state index in [0.717, 1.165) is 57.8 Å². The molecule has 82 heavy (non-hydrogen) atoms. The summed E-state index contributed by atoms with van der Waals surface area (Å²) in [5.74, 6) is -0.845. The predicted octanol–water partition coefficient (Wildman–Crippen LogP) is 25.5. The molecule has 1 atom stereocenters. The van der Waals surface area contributed by atoms with Gasteiger partial charge in [-0.3, -0.25) is 14.4 Å². The molecule has 0 fully saturated rings. The Labute approximate surface area is 512 Å². The molecule has 0 aromatic heterocycles. The van der Waals surface area contributed by atoms with E-state index < -0.39 is 6.10 Å². The molecule has 0 aromatic carbocycles. The molecular weight excluding hydrogens is 1010 g/mol. The van der Waals surface area contributed by atoms with Crippen LogP contribution in [0.2, 0.25) is 0 Å². The summed E-state index contributed by atoms with van der Waals surface area (Å²) >= 11 is 0. The van der Waals surface area contributed by atoms with E-state index in [2.05, 4.69) is 57.2 Å². The highest BCUT2D eigenvalue weighted by Gasteiger charge is 2.19. The molecule has 0 aromatic rings. The zero-order valence-corrected chi connectivity index (χ0v) is 55.5. The molecule has 1 unspecified atom stereocenters. The first-order valence-electron chi connectivity index (χ1n) is 37.0. The fraction of sp³-hybridized carbons (Fsp3) is 0.882. The van der Waals surface area contributed by atoms with Crippen molar-refractivity contribution in [2.75, 3.05) is 13.2 Å². The van der Waals surface area contributed by atoms with Crippen LogP contribution in [0.25, 0.3) is 0 Å². The zero-order chi connectivity index (χ0) is 59.2. The SMILES string of the molecule is CCCCCCCCC/C=C\CCCCCCCCCC(=O)OCC(COC(=O)CCCCCCCCCCCCC/C=C\CCCCCCCCCC)OC(=O)CCCCCCCCCCCCC/C=C\CCCCCCCCCC. The summed E-state index contributed by atoms with van der Waals surface area (Å²) in [4.78, 5) is 38.5. The van der Waals surface area contributed by atoms with Crippen molar-refractivity contribution in [3.63, 3.8) is 0 Å². The Hall–Kier alpha value is -2.37. The molecule has 0 spiro atoms. The maximum Gasteiger partial charge on any atom is 0.306 e. The Bertz CT molecular complexity index is 1370. The summed E-state index contributed by atoms with van der Waals surface area (Å²) < 4.78 is 17.0. The normalized spacial score (nSPS) is 12.2. The van der Waals surface area contributed by atoms with Crippen LogP contribution >= 0.6 is 0 Å². The Kier molecular flexibility index (Phi) is 69.1. The average Bonchev–Trinajstić information content (AvgIpc) is 3.47. The smallest absolute Gasteiger partial charge is 0.306 e. The van der Waals surface area contributed by atoms with Crippen molar-refractivity contribution in [2.45, 2.75) is 419 Å². The van der Waals surface area contributed by atoms with E-state index in [4.69, 9.17) is 14.2 Å². The molecule has 0 aliphatic rings. The fourth-order valence-corrected chi connectivity index (χ4v) is 11.3. The van der Waals surface area contributed by atoms with Gasteiger partial charge in [0.15, 0.2) is 6.10 Å². The molecule has 0 N–H and O–H groups in total. The van der Waals surface area contributed by atoms with Crippen LogP contribution in [0.15, 0.2) is 36.5 Å². The van der Waals surface area contributed by atoms with Gasteiger partial charge in [-0.25, -0.2) is 0 Å². The van der Waals surface area contributed by atoms with Gasteiger partial charge in [-0.1, -0.05) is 333 Å². The third-order valence-electron chi connectivity index (χ3n) is 16.8. The van der Waals surface area contributed by atoms with E-state index in [9.17, 15) is 14.4 Å². The van der Waals surface area contributed by atoms with Gasteiger partial charge in [0.25, 0.3) is 0 Å². The minimum Gasteiger partial charge on any atom is -0.462 e. The summed E-state index contributed by atoms with van der Waals surface area (Å²) in [5, 5.41) is 0. The first kappa shape index (κ1) is 79.6. The average molecular weight is 1150 g/mol. The number of carbonyl (C=O) groups is 3.